The molecule has 3 heteroatoms. The normalized spacial score (nSPS) is 10.9. The summed E-state index contributed by atoms with van der Waals surface area (Å²) >= 11 is 0. The molecule has 0 unspecified atom stereocenters. The van der Waals surface area contributed by atoms with Gasteiger partial charge >= 0.3 is 0 Å². The first-order chi connectivity index (χ1) is 10.4. The maximum absolute atomic E-state index is 5.52. The maximum atomic E-state index is 5.52. The van der Waals surface area contributed by atoms with Gasteiger partial charge in [-0.25, -0.2) is 4.98 Å². The molecule has 0 aliphatic heterocycles. The third-order valence-corrected chi connectivity index (χ3v) is 3.72. The molecule has 108 valence electrons. The van der Waals surface area contributed by atoms with Crippen LogP contribution in [0.4, 0.5) is 0 Å². The van der Waals surface area contributed by atoms with Gasteiger partial charge in [-0.05, 0) is 37.0 Å². The lowest BCUT2D eigenvalue weighted by Crippen LogP contribution is -1.92. The molecule has 3 aromatic rings. The van der Waals surface area contributed by atoms with Gasteiger partial charge in [0.15, 0.2) is 0 Å². The molecule has 3 nitrogen and oxygen atoms in total. The van der Waals surface area contributed by atoms with E-state index in [-0.39, 0.29) is 0 Å². The first kappa shape index (κ1) is 13.7. The Morgan fingerprint density at radius 2 is 1.86 bits per heavy atom. The fourth-order valence-corrected chi connectivity index (χ4v) is 2.63. The first-order valence-electron chi connectivity index (χ1n) is 7.53. The molecule has 0 spiro atoms. The maximum Gasteiger partial charge on any atom is 0.134 e. The van der Waals surface area contributed by atoms with E-state index in [2.05, 4.69) is 34.2 Å². The van der Waals surface area contributed by atoms with Gasteiger partial charge in [-0.2, -0.15) is 0 Å². The molecule has 0 radical (unpaired) electrons. The molecule has 0 saturated heterocycles. The van der Waals surface area contributed by atoms with E-state index in [0.29, 0.717) is 0 Å². The molecule has 0 atom stereocenters. The number of aromatic nitrogens is 2. The van der Waals surface area contributed by atoms with E-state index in [9.17, 15) is 0 Å². The monoisotopic (exact) mass is 280 g/mol. The molecule has 2 heterocycles. The van der Waals surface area contributed by atoms with Gasteiger partial charge in [-0.1, -0.05) is 30.7 Å². The van der Waals surface area contributed by atoms with E-state index in [1.807, 2.05) is 24.5 Å². The summed E-state index contributed by atoms with van der Waals surface area (Å²) < 4.78 is 5.52. The quantitative estimate of drug-likeness (QED) is 0.641. The highest BCUT2D eigenvalue weighted by atomic mass is 16.3. The number of furan rings is 1. The van der Waals surface area contributed by atoms with E-state index >= 15 is 0 Å². The molecule has 21 heavy (non-hydrogen) atoms. The number of nitrogens with one attached hydrogen (secondary N) is 1. The topological polar surface area (TPSA) is 41.8 Å². The van der Waals surface area contributed by atoms with Crippen LogP contribution in [0.3, 0.4) is 0 Å². The van der Waals surface area contributed by atoms with Crippen LogP contribution in [0.2, 0.25) is 0 Å². The van der Waals surface area contributed by atoms with E-state index in [1.165, 1.54) is 30.4 Å². The molecule has 0 amide bonds. The summed E-state index contributed by atoms with van der Waals surface area (Å²) in [6.07, 6.45) is 11.1. The molecular formula is C18H20N2O. The van der Waals surface area contributed by atoms with Gasteiger partial charge in [0.25, 0.3) is 0 Å². The average Bonchev–Trinajstić information content (AvgIpc) is 3.21. The zero-order valence-electron chi connectivity index (χ0n) is 12.1. The van der Waals surface area contributed by atoms with Gasteiger partial charge in [-0.3, -0.25) is 0 Å². The molecular weight excluding hydrogens is 260 g/mol. The molecule has 0 saturated carbocycles. The Bertz CT molecular complexity index is 642. The largest absolute Gasteiger partial charge is 0.464 e. The molecule has 0 fully saturated rings. The van der Waals surface area contributed by atoms with E-state index in [1.54, 1.807) is 6.26 Å². The predicted molar refractivity (Wildman–Crippen MR) is 84.0 cm³/mol. The number of imidazole rings is 1. The predicted octanol–water partition coefficient (Wildman–Crippen LogP) is 4.63. The van der Waals surface area contributed by atoms with Crippen LogP contribution < -0.4 is 0 Å². The van der Waals surface area contributed by atoms with Crippen LogP contribution in [0, 0.1) is 0 Å². The van der Waals surface area contributed by atoms with Crippen molar-refractivity contribution in [3.63, 3.8) is 0 Å². The van der Waals surface area contributed by atoms with Crippen LogP contribution in [0.25, 0.3) is 11.3 Å². The number of hydrogen-bond donors (Lipinski definition) is 1. The number of nitrogens with zero attached hydrogens (tertiary/aromatic N) is 1. The highest BCUT2D eigenvalue weighted by Crippen LogP contribution is 2.25. The third kappa shape index (κ3) is 3.63. The van der Waals surface area contributed by atoms with E-state index in [0.717, 1.165) is 24.4 Å². The van der Waals surface area contributed by atoms with Crippen molar-refractivity contribution in [2.45, 2.75) is 32.1 Å². The number of benzene rings is 1. The standard InChI is InChI=1S/C18H20N2O/c1(3-11-18-19-12-13-20-18)2-7-15-8-4-5-9-16(15)17-10-6-14-21-17/h4-6,8-10,12-14H,1-3,7,11H2,(H,19,20). The Morgan fingerprint density at radius 3 is 2.67 bits per heavy atom. The van der Waals surface area contributed by atoms with Gasteiger partial charge in [0.1, 0.15) is 11.6 Å². The van der Waals surface area contributed by atoms with Gasteiger partial charge < -0.3 is 9.40 Å². The number of aromatic amines is 1. The molecule has 3 rings (SSSR count). The van der Waals surface area contributed by atoms with Gasteiger partial charge in [-0.15, -0.1) is 0 Å². The van der Waals surface area contributed by atoms with Crippen LogP contribution >= 0.6 is 0 Å². The minimum absolute atomic E-state index is 0.959. The average molecular weight is 280 g/mol. The van der Waals surface area contributed by atoms with Gasteiger partial charge in [0.2, 0.25) is 0 Å². The van der Waals surface area contributed by atoms with Crippen molar-refractivity contribution in [2.24, 2.45) is 0 Å². The Balaban J connectivity index is 1.51. The minimum Gasteiger partial charge on any atom is -0.464 e. The summed E-state index contributed by atoms with van der Waals surface area (Å²) in [6.45, 7) is 0. The van der Waals surface area contributed by atoms with Crippen LogP contribution in [-0.2, 0) is 12.8 Å². The van der Waals surface area contributed by atoms with Crippen molar-refractivity contribution >= 4 is 0 Å². The van der Waals surface area contributed by atoms with Gasteiger partial charge in [0, 0.05) is 24.4 Å². The molecule has 2 aromatic heterocycles. The molecule has 1 aromatic carbocycles. The number of unbranched alkanes of at least 4 members (excludes halogenated alkanes) is 2. The summed E-state index contributed by atoms with van der Waals surface area (Å²) in [6, 6.07) is 12.5. The lowest BCUT2D eigenvalue weighted by atomic mass is 9.99. The summed E-state index contributed by atoms with van der Waals surface area (Å²) in [7, 11) is 0. The van der Waals surface area contributed by atoms with E-state index < -0.39 is 0 Å². The number of aryl methyl sites for hydroxylation is 2. The Kier molecular flexibility index (Phi) is 4.52. The lowest BCUT2D eigenvalue weighted by molar-refractivity contribution is 0.581. The second-order valence-corrected chi connectivity index (χ2v) is 5.23. The lowest BCUT2D eigenvalue weighted by Gasteiger charge is -2.07. The van der Waals surface area contributed by atoms with Crippen molar-refractivity contribution in [1.29, 1.82) is 0 Å². The summed E-state index contributed by atoms with van der Waals surface area (Å²) in [5, 5.41) is 0. The number of hydrogen-bond acceptors (Lipinski definition) is 2. The van der Waals surface area contributed by atoms with Crippen LogP contribution in [-0.4, -0.2) is 9.97 Å². The third-order valence-electron chi connectivity index (χ3n) is 3.72. The Hall–Kier alpha value is -2.29. The minimum atomic E-state index is 0.959. The second kappa shape index (κ2) is 6.93. The summed E-state index contributed by atoms with van der Waals surface area (Å²) in [5.74, 6) is 2.05. The van der Waals surface area contributed by atoms with Crippen molar-refractivity contribution in [3.05, 3.63) is 66.4 Å². The highest BCUT2D eigenvalue weighted by molar-refractivity contribution is 5.61. The number of rotatable bonds is 7. The summed E-state index contributed by atoms with van der Waals surface area (Å²) in [5.41, 5.74) is 2.58. The Labute approximate surface area is 125 Å². The van der Waals surface area contributed by atoms with Crippen LogP contribution in [0.1, 0.15) is 30.7 Å². The van der Waals surface area contributed by atoms with E-state index in [4.69, 9.17) is 4.42 Å². The first-order valence-corrected chi connectivity index (χ1v) is 7.53. The fourth-order valence-electron chi connectivity index (χ4n) is 2.63. The van der Waals surface area contributed by atoms with Crippen molar-refractivity contribution in [3.8, 4) is 11.3 Å². The zero-order valence-corrected chi connectivity index (χ0v) is 12.1. The fraction of sp³-hybridized carbons (Fsp3) is 0.278. The van der Waals surface area contributed by atoms with Crippen molar-refractivity contribution < 1.29 is 4.42 Å². The molecule has 0 bridgehead atoms. The second-order valence-electron chi connectivity index (χ2n) is 5.23. The van der Waals surface area contributed by atoms with Crippen LogP contribution in [0.5, 0.6) is 0 Å². The SMILES string of the molecule is c1coc(-c2ccccc2CCCCCc2ncc[nH]2)c1. The van der Waals surface area contributed by atoms with Gasteiger partial charge in [0.05, 0.1) is 6.26 Å². The highest BCUT2D eigenvalue weighted by Gasteiger charge is 2.06. The van der Waals surface area contributed by atoms with Crippen LogP contribution in [0.15, 0.2) is 59.5 Å². The van der Waals surface area contributed by atoms with Crippen molar-refractivity contribution in [1.82, 2.24) is 9.97 Å². The summed E-state index contributed by atoms with van der Waals surface area (Å²) in [4.78, 5) is 7.40. The number of H-pyrrole nitrogens is 1. The molecule has 0 aliphatic carbocycles. The molecule has 1 N–H and O–H groups in total. The zero-order chi connectivity index (χ0) is 14.3. The van der Waals surface area contributed by atoms with Crippen molar-refractivity contribution in [2.75, 3.05) is 0 Å². The smallest absolute Gasteiger partial charge is 0.134 e. The Morgan fingerprint density at radius 1 is 0.952 bits per heavy atom. The molecule has 0 aliphatic rings.